The van der Waals surface area contributed by atoms with E-state index in [1.807, 2.05) is 13.8 Å². The number of hydrogen-bond donors (Lipinski definition) is 2. The predicted octanol–water partition coefficient (Wildman–Crippen LogP) is 3.04. The van der Waals surface area contributed by atoms with Crippen molar-refractivity contribution >= 4 is 21.6 Å². The van der Waals surface area contributed by atoms with E-state index in [1.54, 1.807) is 25.1 Å². The highest BCUT2D eigenvalue weighted by Crippen LogP contribution is 2.31. The van der Waals surface area contributed by atoms with Crippen molar-refractivity contribution in [2.45, 2.75) is 31.8 Å². The molecule has 0 aliphatic heterocycles. The first-order valence-electron chi connectivity index (χ1n) is 9.45. The van der Waals surface area contributed by atoms with E-state index in [2.05, 4.69) is 10.0 Å². The second kappa shape index (κ2) is 10.2. The number of methoxy groups -OCH3 is 2. The van der Waals surface area contributed by atoms with Gasteiger partial charge in [0.15, 0.2) is 6.10 Å². The largest absolute Gasteiger partial charge is 0.497 e. The third-order valence-electron chi connectivity index (χ3n) is 4.15. The lowest BCUT2D eigenvalue weighted by atomic mass is 10.2. The van der Waals surface area contributed by atoms with Crippen molar-refractivity contribution in [2.75, 3.05) is 25.5 Å². The molecule has 0 bridgehead atoms. The highest BCUT2D eigenvalue weighted by atomic mass is 32.2. The number of rotatable bonds is 10. The Balaban J connectivity index is 2.09. The summed E-state index contributed by atoms with van der Waals surface area (Å²) in [7, 11) is -0.898. The van der Waals surface area contributed by atoms with Crippen molar-refractivity contribution in [3.63, 3.8) is 0 Å². The van der Waals surface area contributed by atoms with Gasteiger partial charge in [0, 0.05) is 12.6 Å². The first kappa shape index (κ1) is 23.3. The van der Waals surface area contributed by atoms with E-state index >= 15 is 0 Å². The molecular formula is C21H28N2O6S. The summed E-state index contributed by atoms with van der Waals surface area (Å²) >= 11 is 0. The Kier molecular flexibility index (Phi) is 7.93. The number of carbonyl (C=O) groups excluding carboxylic acids is 1. The summed E-state index contributed by atoms with van der Waals surface area (Å²) in [6.45, 7) is 6.20. The van der Waals surface area contributed by atoms with E-state index in [0.717, 1.165) is 0 Å². The molecule has 0 saturated carbocycles. The van der Waals surface area contributed by atoms with Crippen molar-refractivity contribution in [2.24, 2.45) is 5.92 Å². The third-order valence-corrected chi connectivity index (χ3v) is 5.54. The molecule has 2 aromatic rings. The summed E-state index contributed by atoms with van der Waals surface area (Å²) in [5.74, 6) is 1.38. The summed E-state index contributed by atoms with van der Waals surface area (Å²) in [6.07, 6.45) is -0.701. The summed E-state index contributed by atoms with van der Waals surface area (Å²) in [4.78, 5) is 12.1. The lowest BCUT2D eigenvalue weighted by Gasteiger charge is -2.16. The number of carbonyl (C=O) groups is 1. The SMILES string of the molecule is COc1ccc(NS(=O)(=O)c2ccc(O[C@@H](C)C(=O)NCC(C)C)cc2)c(OC)c1. The minimum absolute atomic E-state index is 0.0460. The molecule has 0 unspecified atom stereocenters. The lowest BCUT2D eigenvalue weighted by Crippen LogP contribution is -2.38. The summed E-state index contributed by atoms with van der Waals surface area (Å²) in [6, 6.07) is 10.6. The van der Waals surface area contributed by atoms with Crippen LogP contribution in [0.5, 0.6) is 17.2 Å². The van der Waals surface area contributed by atoms with Crippen LogP contribution in [0.15, 0.2) is 47.4 Å². The molecule has 2 N–H and O–H groups in total. The van der Waals surface area contributed by atoms with Crippen molar-refractivity contribution in [3.05, 3.63) is 42.5 Å². The van der Waals surface area contributed by atoms with Gasteiger partial charge >= 0.3 is 0 Å². The van der Waals surface area contributed by atoms with Crippen LogP contribution in [0.2, 0.25) is 0 Å². The van der Waals surface area contributed by atoms with Crippen LogP contribution >= 0.6 is 0 Å². The molecule has 1 amide bonds. The van der Waals surface area contributed by atoms with Crippen LogP contribution in [-0.2, 0) is 14.8 Å². The molecule has 0 aliphatic rings. The van der Waals surface area contributed by atoms with Gasteiger partial charge in [0.1, 0.15) is 17.2 Å². The number of benzene rings is 2. The summed E-state index contributed by atoms with van der Waals surface area (Å²) < 4.78 is 43.9. The Morgan fingerprint density at radius 1 is 0.967 bits per heavy atom. The van der Waals surface area contributed by atoms with Gasteiger partial charge in [-0.2, -0.15) is 0 Å². The standard InChI is InChI=1S/C21H28N2O6S/c1-14(2)13-22-21(24)15(3)29-16-6-9-18(10-7-16)30(25,26)23-19-11-8-17(27-4)12-20(19)28-5/h6-12,14-15,23H,13H2,1-5H3,(H,22,24)/t15-/m0/s1. The molecule has 0 radical (unpaired) electrons. The molecule has 0 saturated heterocycles. The molecule has 9 heteroatoms. The number of anilines is 1. The minimum atomic E-state index is -3.85. The van der Waals surface area contributed by atoms with E-state index in [-0.39, 0.29) is 16.5 Å². The van der Waals surface area contributed by atoms with E-state index in [4.69, 9.17) is 14.2 Å². The molecule has 0 heterocycles. The number of ether oxygens (including phenoxy) is 3. The Morgan fingerprint density at radius 2 is 1.60 bits per heavy atom. The first-order chi connectivity index (χ1) is 14.2. The highest BCUT2D eigenvalue weighted by molar-refractivity contribution is 7.92. The van der Waals surface area contributed by atoms with Crippen molar-refractivity contribution in [3.8, 4) is 17.2 Å². The normalized spacial score (nSPS) is 12.2. The maximum atomic E-state index is 12.7. The Bertz CT molecular complexity index is 958. The van der Waals surface area contributed by atoms with Crippen LogP contribution in [0.25, 0.3) is 0 Å². The Morgan fingerprint density at radius 3 is 2.17 bits per heavy atom. The number of nitrogens with one attached hydrogen (secondary N) is 2. The van der Waals surface area contributed by atoms with Gasteiger partial charge in [-0.1, -0.05) is 13.8 Å². The molecule has 8 nitrogen and oxygen atoms in total. The van der Waals surface area contributed by atoms with Gasteiger partial charge in [-0.05, 0) is 49.2 Å². The summed E-state index contributed by atoms with van der Waals surface area (Å²) in [5, 5.41) is 2.79. The van der Waals surface area contributed by atoms with Gasteiger partial charge < -0.3 is 19.5 Å². The Labute approximate surface area is 177 Å². The fraction of sp³-hybridized carbons (Fsp3) is 0.381. The van der Waals surface area contributed by atoms with Crippen LogP contribution in [-0.4, -0.2) is 41.2 Å². The third kappa shape index (κ3) is 6.28. The molecule has 164 valence electrons. The highest BCUT2D eigenvalue weighted by Gasteiger charge is 2.19. The van der Waals surface area contributed by atoms with Gasteiger partial charge in [-0.25, -0.2) is 8.42 Å². The average Bonchev–Trinajstić information content (AvgIpc) is 2.72. The summed E-state index contributed by atoms with van der Waals surface area (Å²) in [5.41, 5.74) is 0.286. The van der Waals surface area contributed by atoms with Crippen LogP contribution in [0, 0.1) is 5.92 Å². The van der Waals surface area contributed by atoms with Crippen LogP contribution in [0.1, 0.15) is 20.8 Å². The molecule has 0 fully saturated rings. The predicted molar refractivity (Wildman–Crippen MR) is 115 cm³/mol. The van der Waals surface area contributed by atoms with Crippen molar-refractivity contribution in [1.82, 2.24) is 5.32 Å². The molecule has 0 spiro atoms. The smallest absolute Gasteiger partial charge is 0.262 e. The lowest BCUT2D eigenvalue weighted by molar-refractivity contribution is -0.127. The fourth-order valence-corrected chi connectivity index (χ4v) is 3.56. The number of sulfonamides is 1. The average molecular weight is 437 g/mol. The van der Waals surface area contributed by atoms with Crippen molar-refractivity contribution < 1.29 is 27.4 Å². The molecule has 30 heavy (non-hydrogen) atoms. The van der Waals surface area contributed by atoms with Crippen LogP contribution in [0.3, 0.4) is 0 Å². The molecular weight excluding hydrogens is 408 g/mol. The van der Waals surface area contributed by atoms with Gasteiger partial charge in [0.2, 0.25) is 0 Å². The molecule has 1 atom stereocenters. The van der Waals surface area contributed by atoms with Crippen molar-refractivity contribution in [1.29, 1.82) is 0 Å². The molecule has 0 aliphatic carbocycles. The van der Waals surface area contributed by atoms with Gasteiger partial charge in [0.25, 0.3) is 15.9 Å². The number of hydrogen-bond acceptors (Lipinski definition) is 6. The zero-order valence-electron chi connectivity index (χ0n) is 17.8. The van der Waals surface area contributed by atoms with Gasteiger partial charge in [-0.3, -0.25) is 9.52 Å². The quantitative estimate of drug-likeness (QED) is 0.593. The second-order valence-corrected chi connectivity index (χ2v) is 8.72. The minimum Gasteiger partial charge on any atom is -0.497 e. The zero-order valence-corrected chi connectivity index (χ0v) is 18.6. The van der Waals surface area contributed by atoms with E-state index < -0.39 is 16.1 Å². The fourth-order valence-electron chi connectivity index (χ4n) is 2.49. The zero-order chi connectivity index (χ0) is 22.3. The topological polar surface area (TPSA) is 103 Å². The maximum absolute atomic E-state index is 12.7. The number of amides is 1. The van der Waals surface area contributed by atoms with E-state index in [1.165, 1.54) is 38.5 Å². The monoisotopic (exact) mass is 436 g/mol. The van der Waals surface area contributed by atoms with Gasteiger partial charge in [0.05, 0.1) is 24.8 Å². The Hall–Kier alpha value is -2.94. The second-order valence-electron chi connectivity index (χ2n) is 7.04. The van der Waals surface area contributed by atoms with Crippen LogP contribution < -0.4 is 24.2 Å². The van der Waals surface area contributed by atoms with Gasteiger partial charge in [-0.15, -0.1) is 0 Å². The molecule has 2 rings (SSSR count). The van der Waals surface area contributed by atoms with E-state index in [9.17, 15) is 13.2 Å². The molecule has 2 aromatic carbocycles. The maximum Gasteiger partial charge on any atom is 0.262 e. The van der Waals surface area contributed by atoms with Crippen LogP contribution in [0.4, 0.5) is 5.69 Å². The van der Waals surface area contributed by atoms with E-state index in [0.29, 0.717) is 29.7 Å². The molecule has 0 aromatic heterocycles. The first-order valence-corrected chi connectivity index (χ1v) is 10.9.